The summed E-state index contributed by atoms with van der Waals surface area (Å²) in [7, 11) is 0. The van der Waals surface area contributed by atoms with E-state index in [1.165, 1.54) is 23.9 Å². The third kappa shape index (κ3) is 3.18. The first-order valence-corrected chi connectivity index (χ1v) is 5.96. The zero-order valence-corrected chi connectivity index (χ0v) is 9.80. The average molecular weight is 255 g/mol. The summed E-state index contributed by atoms with van der Waals surface area (Å²) >= 11 is 7.20. The van der Waals surface area contributed by atoms with E-state index >= 15 is 0 Å². The van der Waals surface area contributed by atoms with Crippen LogP contribution in [-0.2, 0) is 5.75 Å². The number of halogens is 2. The molecule has 0 spiro atoms. The smallest absolute Gasteiger partial charge is 0.140 e. The second-order valence-electron chi connectivity index (χ2n) is 3.04. The van der Waals surface area contributed by atoms with Gasteiger partial charge in [0.2, 0.25) is 0 Å². The highest BCUT2D eigenvalue weighted by atomic mass is 35.5. The minimum Gasteiger partial charge on any atom is -0.240 e. The Labute approximate surface area is 102 Å². The van der Waals surface area contributed by atoms with Gasteiger partial charge in [-0.25, -0.2) is 14.4 Å². The molecule has 0 unspecified atom stereocenters. The summed E-state index contributed by atoms with van der Waals surface area (Å²) in [5.41, 5.74) is 0. The van der Waals surface area contributed by atoms with Crippen LogP contribution >= 0.6 is 23.4 Å². The van der Waals surface area contributed by atoms with Gasteiger partial charge in [-0.15, -0.1) is 11.8 Å². The fraction of sp³-hybridized carbons (Fsp3) is 0.0909. The van der Waals surface area contributed by atoms with Crippen molar-refractivity contribution in [2.45, 2.75) is 10.6 Å². The van der Waals surface area contributed by atoms with Crippen molar-refractivity contribution in [1.82, 2.24) is 9.97 Å². The molecule has 0 radical (unpaired) electrons. The summed E-state index contributed by atoms with van der Waals surface area (Å²) in [5.74, 6) is 0.975. The Morgan fingerprint density at radius 3 is 2.94 bits per heavy atom. The molecule has 1 aromatic heterocycles. The van der Waals surface area contributed by atoms with Gasteiger partial charge in [0.15, 0.2) is 0 Å². The van der Waals surface area contributed by atoms with Gasteiger partial charge in [-0.05, 0) is 24.3 Å². The highest BCUT2D eigenvalue weighted by molar-refractivity contribution is 7.98. The predicted octanol–water partition coefficient (Wildman–Crippen LogP) is 3.56. The monoisotopic (exact) mass is 254 g/mol. The number of thioether (sulfide) groups is 1. The van der Waals surface area contributed by atoms with Crippen LogP contribution in [0.15, 0.2) is 41.4 Å². The van der Waals surface area contributed by atoms with Crippen molar-refractivity contribution in [3.8, 4) is 0 Å². The van der Waals surface area contributed by atoms with Crippen LogP contribution in [0.5, 0.6) is 0 Å². The number of aromatic nitrogens is 2. The Morgan fingerprint density at radius 1 is 1.31 bits per heavy atom. The number of hydrogen-bond acceptors (Lipinski definition) is 3. The summed E-state index contributed by atoms with van der Waals surface area (Å²) in [6, 6.07) is 8.04. The molecule has 0 saturated carbocycles. The summed E-state index contributed by atoms with van der Waals surface area (Å²) in [6.07, 6.45) is 1.61. The van der Waals surface area contributed by atoms with Gasteiger partial charge in [-0.2, -0.15) is 0 Å². The number of nitrogens with zero attached hydrogens (tertiary/aromatic N) is 2. The Kier molecular flexibility index (Phi) is 3.74. The molecule has 5 heteroatoms. The van der Waals surface area contributed by atoms with Gasteiger partial charge in [0.1, 0.15) is 16.8 Å². The van der Waals surface area contributed by atoms with E-state index in [9.17, 15) is 4.39 Å². The van der Waals surface area contributed by atoms with Crippen molar-refractivity contribution in [1.29, 1.82) is 0 Å². The number of benzene rings is 1. The second-order valence-corrected chi connectivity index (χ2v) is 4.48. The van der Waals surface area contributed by atoms with Crippen molar-refractivity contribution < 1.29 is 4.39 Å². The van der Waals surface area contributed by atoms with Crippen LogP contribution < -0.4 is 0 Å². The molecule has 1 aromatic carbocycles. The number of rotatable bonds is 3. The van der Waals surface area contributed by atoms with Crippen LogP contribution in [0, 0.1) is 5.82 Å². The Hall–Kier alpha value is -1.13. The van der Waals surface area contributed by atoms with Crippen LogP contribution in [-0.4, -0.2) is 9.97 Å². The zero-order valence-electron chi connectivity index (χ0n) is 8.23. The summed E-state index contributed by atoms with van der Waals surface area (Å²) < 4.78 is 12.9. The van der Waals surface area contributed by atoms with Crippen molar-refractivity contribution >= 4 is 23.4 Å². The van der Waals surface area contributed by atoms with E-state index in [-0.39, 0.29) is 5.82 Å². The fourth-order valence-electron chi connectivity index (χ4n) is 1.15. The van der Waals surface area contributed by atoms with E-state index in [0.717, 1.165) is 4.90 Å². The Bertz CT molecular complexity index is 447. The maximum Gasteiger partial charge on any atom is 0.140 e. The van der Waals surface area contributed by atoms with E-state index in [0.29, 0.717) is 16.7 Å². The predicted molar refractivity (Wildman–Crippen MR) is 63.0 cm³/mol. The maximum absolute atomic E-state index is 12.9. The van der Waals surface area contributed by atoms with Crippen molar-refractivity contribution in [2.24, 2.45) is 0 Å². The van der Waals surface area contributed by atoms with Gasteiger partial charge < -0.3 is 0 Å². The van der Waals surface area contributed by atoms with E-state index in [1.807, 2.05) is 6.07 Å². The van der Waals surface area contributed by atoms with Gasteiger partial charge in [0.25, 0.3) is 0 Å². The quantitative estimate of drug-likeness (QED) is 0.619. The molecule has 0 fully saturated rings. The largest absolute Gasteiger partial charge is 0.240 e. The molecule has 2 nitrogen and oxygen atoms in total. The molecule has 0 aliphatic carbocycles. The lowest BCUT2D eigenvalue weighted by molar-refractivity contribution is 0.624. The summed E-state index contributed by atoms with van der Waals surface area (Å²) in [6.45, 7) is 0. The molecule has 2 aromatic rings. The standard InChI is InChI=1S/C11H8ClFN2S/c12-10-4-5-14-11(15-10)7-16-9-3-1-2-8(13)6-9/h1-6H,7H2. The minimum absolute atomic E-state index is 0.239. The molecular weight excluding hydrogens is 247 g/mol. The fourth-order valence-corrected chi connectivity index (χ4v) is 2.11. The maximum atomic E-state index is 12.9. The van der Waals surface area contributed by atoms with Crippen LogP contribution in [0.1, 0.15) is 5.82 Å². The van der Waals surface area contributed by atoms with Gasteiger partial charge in [0.05, 0.1) is 5.75 Å². The molecule has 2 rings (SSSR count). The van der Waals surface area contributed by atoms with Gasteiger partial charge in [0, 0.05) is 11.1 Å². The SMILES string of the molecule is Fc1cccc(SCc2nccc(Cl)n2)c1. The van der Waals surface area contributed by atoms with E-state index in [1.54, 1.807) is 18.3 Å². The molecule has 0 aliphatic rings. The number of hydrogen-bond donors (Lipinski definition) is 0. The van der Waals surface area contributed by atoms with Crippen LogP contribution in [0.2, 0.25) is 5.15 Å². The van der Waals surface area contributed by atoms with Crippen LogP contribution in [0.25, 0.3) is 0 Å². The Balaban J connectivity index is 2.02. The highest BCUT2D eigenvalue weighted by Gasteiger charge is 2.00. The summed E-state index contributed by atoms with van der Waals surface area (Å²) in [4.78, 5) is 8.97. The molecule has 0 N–H and O–H groups in total. The van der Waals surface area contributed by atoms with Crippen LogP contribution in [0.4, 0.5) is 4.39 Å². The molecular formula is C11H8ClFN2S. The van der Waals surface area contributed by atoms with Gasteiger partial charge >= 0.3 is 0 Å². The minimum atomic E-state index is -0.239. The molecule has 16 heavy (non-hydrogen) atoms. The normalized spacial score (nSPS) is 10.4. The lowest BCUT2D eigenvalue weighted by Crippen LogP contribution is -1.91. The lowest BCUT2D eigenvalue weighted by Gasteiger charge is -2.01. The topological polar surface area (TPSA) is 25.8 Å². The first-order valence-electron chi connectivity index (χ1n) is 4.60. The third-order valence-corrected chi connectivity index (χ3v) is 3.04. The third-order valence-electron chi connectivity index (χ3n) is 1.84. The summed E-state index contributed by atoms with van der Waals surface area (Å²) in [5, 5.41) is 0.421. The van der Waals surface area contributed by atoms with E-state index in [4.69, 9.17) is 11.6 Å². The first-order chi connectivity index (χ1) is 7.74. The van der Waals surface area contributed by atoms with Crippen molar-refractivity contribution in [3.63, 3.8) is 0 Å². The molecule has 82 valence electrons. The Morgan fingerprint density at radius 2 is 2.19 bits per heavy atom. The molecule has 0 atom stereocenters. The van der Waals surface area contributed by atoms with Gasteiger partial charge in [-0.3, -0.25) is 0 Å². The van der Waals surface area contributed by atoms with Crippen molar-refractivity contribution in [2.75, 3.05) is 0 Å². The van der Waals surface area contributed by atoms with E-state index in [2.05, 4.69) is 9.97 Å². The first kappa shape index (κ1) is 11.4. The second kappa shape index (κ2) is 5.27. The van der Waals surface area contributed by atoms with E-state index < -0.39 is 0 Å². The molecule has 0 aliphatic heterocycles. The van der Waals surface area contributed by atoms with Crippen LogP contribution in [0.3, 0.4) is 0 Å². The molecule has 0 saturated heterocycles. The van der Waals surface area contributed by atoms with Gasteiger partial charge in [-0.1, -0.05) is 17.7 Å². The average Bonchev–Trinajstić information content (AvgIpc) is 2.27. The zero-order chi connectivity index (χ0) is 11.4. The lowest BCUT2D eigenvalue weighted by atomic mass is 10.4. The molecule has 0 bridgehead atoms. The highest BCUT2D eigenvalue weighted by Crippen LogP contribution is 2.22. The van der Waals surface area contributed by atoms with Crippen molar-refractivity contribution in [3.05, 3.63) is 53.3 Å². The molecule has 0 amide bonds. The molecule has 1 heterocycles.